The average molecular weight is 421 g/mol. The van der Waals surface area contributed by atoms with E-state index in [1.54, 1.807) is 48.9 Å². The summed E-state index contributed by atoms with van der Waals surface area (Å²) in [5, 5.41) is 5.65. The molecule has 4 aromatic rings. The van der Waals surface area contributed by atoms with Crippen LogP contribution in [0.1, 0.15) is 15.9 Å². The normalized spacial score (nSPS) is 11.1. The van der Waals surface area contributed by atoms with Crippen molar-refractivity contribution in [3.05, 3.63) is 94.2 Å². The highest BCUT2D eigenvalue weighted by Crippen LogP contribution is 2.30. The van der Waals surface area contributed by atoms with Crippen LogP contribution < -0.4 is 5.43 Å². The largest absolute Gasteiger partial charge is 0.272 e. The van der Waals surface area contributed by atoms with Crippen molar-refractivity contribution in [2.24, 2.45) is 5.10 Å². The smallest absolute Gasteiger partial charge is 0.267 e. The summed E-state index contributed by atoms with van der Waals surface area (Å²) in [6.07, 6.45) is 4.87. The molecular weight excluding hydrogens is 407 g/mol. The van der Waals surface area contributed by atoms with E-state index in [0.29, 0.717) is 26.8 Å². The van der Waals surface area contributed by atoms with Crippen LogP contribution in [0.4, 0.5) is 0 Å². The summed E-state index contributed by atoms with van der Waals surface area (Å²) in [6.45, 7) is 0. The summed E-state index contributed by atoms with van der Waals surface area (Å²) in [6, 6.07) is 18.0. The van der Waals surface area contributed by atoms with Gasteiger partial charge in [0, 0.05) is 23.3 Å². The molecule has 1 N–H and O–H groups in total. The Morgan fingerprint density at radius 1 is 0.966 bits per heavy atom. The lowest BCUT2D eigenvalue weighted by molar-refractivity contribution is 0.0957. The van der Waals surface area contributed by atoms with Gasteiger partial charge in [-0.1, -0.05) is 47.5 Å². The minimum Gasteiger partial charge on any atom is -0.267 e. The molecular formula is C22H14Cl2N4O. The number of rotatable bonds is 4. The molecule has 0 saturated carbocycles. The van der Waals surface area contributed by atoms with E-state index in [0.717, 1.165) is 16.5 Å². The molecule has 0 bridgehead atoms. The first-order valence-electron chi connectivity index (χ1n) is 8.70. The minimum atomic E-state index is -0.338. The van der Waals surface area contributed by atoms with E-state index >= 15 is 0 Å². The molecule has 0 aliphatic heterocycles. The molecule has 1 amide bonds. The van der Waals surface area contributed by atoms with Crippen molar-refractivity contribution < 1.29 is 4.79 Å². The van der Waals surface area contributed by atoms with Crippen molar-refractivity contribution in [3.8, 4) is 11.3 Å². The number of halogens is 2. The average Bonchev–Trinajstić information content (AvgIpc) is 2.75. The molecule has 7 heteroatoms. The fourth-order valence-electron chi connectivity index (χ4n) is 2.84. The lowest BCUT2D eigenvalue weighted by Crippen LogP contribution is -2.18. The van der Waals surface area contributed by atoms with Crippen LogP contribution in [0.2, 0.25) is 10.0 Å². The molecule has 2 aromatic heterocycles. The van der Waals surface area contributed by atoms with Gasteiger partial charge < -0.3 is 0 Å². The zero-order chi connectivity index (χ0) is 20.2. The Morgan fingerprint density at radius 3 is 2.55 bits per heavy atom. The van der Waals surface area contributed by atoms with Crippen LogP contribution in [0.3, 0.4) is 0 Å². The topological polar surface area (TPSA) is 67.2 Å². The lowest BCUT2D eigenvalue weighted by Gasteiger charge is -2.09. The van der Waals surface area contributed by atoms with Crippen LogP contribution in [0.25, 0.3) is 22.2 Å². The molecule has 4 rings (SSSR count). The van der Waals surface area contributed by atoms with E-state index < -0.39 is 0 Å². The zero-order valence-electron chi connectivity index (χ0n) is 15.0. The first-order valence-corrected chi connectivity index (χ1v) is 9.46. The third-order valence-electron chi connectivity index (χ3n) is 4.26. The monoisotopic (exact) mass is 420 g/mol. The first kappa shape index (κ1) is 19.1. The number of aromatic nitrogens is 2. The van der Waals surface area contributed by atoms with Gasteiger partial charge in [0.2, 0.25) is 0 Å². The number of pyridine rings is 2. The number of carbonyl (C=O) groups excluding carboxylic acids is 1. The van der Waals surface area contributed by atoms with Gasteiger partial charge in [-0.15, -0.1) is 0 Å². The molecule has 0 spiro atoms. The number of hydrogen-bond acceptors (Lipinski definition) is 4. The minimum absolute atomic E-state index is 0.338. The van der Waals surface area contributed by atoms with Gasteiger partial charge in [-0.25, -0.2) is 10.4 Å². The summed E-state index contributed by atoms with van der Waals surface area (Å²) in [5.41, 5.74) is 5.94. The van der Waals surface area contributed by atoms with Gasteiger partial charge in [0.15, 0.2) is 0 Å². The molecule has 142 valence electrons. The molecule has 0 aliphatic rings. The Morgan fingerprint density at radius 2 is 1.76 bits per heavy atom. The number of nitrogens with zero attached hydrogens (tertiary/aromatic N) is 3. The van der Waals surface area contributed by atoms with Crippen molar-refractivity contribution in [3.63, 3.8) is 0 Å². The molecule has 0 saturated heterocycles. The second-order valence-corrected chi connectivity index (χ2v) is 7.00. The Kier molecular flexibility index (Phi) is 5.51. The first-order chi connectivity index (χ1) is 14.1. The summed E-state index contributed by atoms with van der Waals surface area (Å²) in [7, 11) is 0. The van der Waals surface area contributed by atoms with Crippen molar-refractivity contribution in [2.45, 2.75) is 0 Å². The van der Waals surface area contributed by atoms with Gasteiger partial charge in [-0.3, -0.25) is 9.78 Å². The number of hydrogen-bond donors (Lipinski definition) is 1. The maximum Gasteiger partial charge on any atom is 0.272 e. The third-order valence-corrected chi connectivity index (χ3v) is 5.00. The van der Waals surface area contributed by atoms with Crippen LogP contribution in [0.5, 0.6) is 0 Å². The number of fused-ring (bicyclic) bond motifs is 1. The van der Waals surface area contributed by atoms with Crippen LogP contribution in [-0.2, 0) is 0 Å². The molecule has 0 unspecified atom stereocenters. The molecule has 0 radical (unpaired) electrons. The standard InChI is InChI=1S/C22H14Cl2N4O/c23-18-6-5-15(11-19(18)24)21-12-17(16-3-1-2-4-20(16)27-21)22(29)28-26-13-14-7-9-25-10-8-14/h1-13H,(H,28,29). The van der Waals surface area contributed by atoms with Gasteiger partial charge in [0.1, 0.15) is 0 Å². The van der Waals surface area contributed by atoms with E-state index in [1.807, 2.05) is 30.3 Å². The highest BCUT2D eigenvalue weighted by atomic mass is 35.5. The number of benzene rings is 2. The second-order valence-electron chi connectivity index (χ2n) is 6.18. The SMILES string of the molecule is O=C(NN=Cc1ccncc1)c1cc(-c2ccc(Cl)c(Cl)c2)nc2ccccc12. The van der Waals surface area contributed by atoms with Gasteiger partial charge in [-0.05, 0) is 42.0 Å². The van der Waals surface area contributed by atoms with Crippen LogP contribution in [0.15, 0.2) is 78.2 Å². The molecule has 0 atom stereocenters. The number of hydrazone groups is 1. The molecule has 29 heavy (non-hydrogen) atoms. The van der Waals surface area contributed by atoms with Gasteiger partial charge >= 0.3 is 0 Å². The zero-order valence-corrected chi connectivity index (χ0v) is 16.5. The molecule has 0 aliphatic carbocycles. The summed E-state index contributed by atoms with van der Waals surface area (Å²) < 4.78 is 0. The predicted molar refractivity (Wildman–Crippen MR) is 116 cm³/mol. The van der Waals surface area contributed by atoms with E-state index in [4.69, 9.17) is 23.2 Å². The second kappa shape index (κ2) is 8.39. The molecule has 2 heterocycles. The quantitative estimate of drug-likeness (QED) is 0.356. The Labute approximate surface area is 177 Å². The molecule has 2 aromatic carbocycles. The molecule has 5 nitrogen and oxygen atoms in total. The number of para-hydroxylation sites is 1. The Bertz CT molecular complexity index is 1230. The van der Waals surface area contributed by atoms with Crippen LogP contribution in [-0.4, -0.2) is 22.1 Å². The van der Waals surface area contributed by atoms with E-state index in [9.17, 15) is 4.79 Å². The van der Waals surface area contributed by atoms with E-state index in [-0.39, 0.29) is 5.91 Å². The summed E-state index contributed by atoms with van der Waals surface area (Å²) in [4.78, 5) is 21.4. The number of amides is 1. The predicted octanol–water partition coefficient (Wildman–Crippen LogP) is 5.37. The van der Waals surface area contributed by atoms with Gasteiger partial charge in [0.25, 0.3) is 5.91 Å². The third kappa shape index (κ3) is 4.26. The van der Waals surface area contributed by atoms with Crippen molar-refractivity contribution >= 4 is 46.2 Å². The van der Waals surface area contributed by atoms with Crippen molar-refractivity contribution in [1.29, 1.82) is 0 Å². The maximum absolute atomic E-state index is 12.8. The highest BCUT2D eigenvalue weighted by molar-refractivity contribution is 6.42. The Balaban J connectivity index is 1.71. The number of nitrogens with one attached hydrogen (secondary N) is 1. The fourth-order valence-corrected chi connectivity index (χ4v) is 3.14. The summed E-state index contributed by atoms with van der Waals surface area (Å²) in [5.74, 6) is -0.338. The Hall–Kier alpha value is -3.28. The van der Waals surface area contributed by atoms with E-state index in [1.165, 1.54) is 0 Å². The van der Waals surface area contributed by atoms with Gasteiger partial charge in [0.05, 0.1) is 33.0 Å². The summed E-state index contributed by atoms with van der Waals surface area (Å²) >= 11 is 12.2. The highest BCUT2D eigenvalue weighted by Gasteiger charge is 2.14. The van der Waals surface area contributed by atoms with Crippen LogP contribution in [0, 0.1) is 0 Å². The maximum atomic E-state index is 12.8. The van der Waals surface area contributed by atoms with Crippen molar-refractivity contribution in [2.75, 3.05) is 0 Å². The van der Waals surface area contributed by atoms with E-state index in [2.05, 4.69) is 20.5 Å². The van der Waals surface area contributed by atoms with Crippen molar-refractivity contribution in [1.82, 2.24) is 15.4 Å². The lowest BCUT2D eigenvalue weighted by atomic mass is 10.0. The number of carbonyl (C=O) groups is 1. The van der Waals surface area contributed by atoms with Gasteiger partial charge in [-0.2, -0.15) is 5.10 Å². The molecule has 0 fully saturated rings. The fraction of sp³-hybridized carbons (Fsp3) is 0. The van der Waals surface area contributed by atoms with Crippen LogP contribution >= 0.6 is 23.2 Å².